The molecule has 0 radical (unpaired) electrons. The largest absolute Gasteiger partial charge is 0.481 e. The zero-order valence-electron chi connectivity index (χ0n) is 13.1. The number of urea groups is 1. The Bertz CT molecular complexity index is 523. The van der Waals surface area contributed by atoms with E-state index in [1.807, 2.05) is 12.3 Å². The highest BCUT2D eigenvalue weighted by Crippen LogP contribution is 2.30. The SMILES string of the molecule is Cc1nc(CCNC(=O)NC(C)(C)C(C)(C)C(=O)O)cs1. The molecule has 0 aliphatic heterocycles. The summed E-state index contributed by atoms with van der Waals surface area (Å²) in [7, 11) is 0. The van der Waals surface area contributed by atoms with Crippen LogP contribution in [-0.2, 0) is 11.2 Å². The first-order chi connectivity index (χ1) is 9.56. The van der Waals surface area contributed by atoms with Gasteiger partial charge in [-0.3, -0.25) is 4.79 Å². The average Bonchev–Trinajstić information content (AvgIpc) is 2.73. The van der Waals surface area contributed by atoms with Gasteiger partial charge in [-0.1, -0.05) is 0 Å². The molecule has 0 atom stereocenters. The maximum atomic E-state index is 11.9. The van der Waals surface area contributed by atoms with Gasteiger partial charge in [0.1, 0.15) is 0 Å². The summed E-state index contributed by atoms with van der Waals surface area (Å²) in [6.07, 6.45) is 0.653. The molecule has 1 aromatic heterocycles. The fourth-order valence-electron chi connectivity index (χ4n) is 1.58. The molecule has 0 aliphatic carbocycles. The van der Waals surface area contributed by atoms with Gasteiger partial charge in [0.25, 0.3) is 0 Å². The van der Waals surface area contributed by atoms with Crippen molar-refractivity contribution in [3.8, 4) is 0 Å². The van der Waals surface area contributed by atoms with Gasteiger partial charge in [-0.2, -0.15) is 0 Å². The van der Waals surface area contributed by atoms with Crippen molar-refractivity contribution in [1.29, 1.82) is 0 Å². The Morgan fingerprint density at radius 2 is 1.95 bits per heavy atom. The molecule has 0 saturated heterocycles. The quantitative estimate of drug-likeness (QED) is 0.750. The summed E-state index contributed by atoms with van der Waals surface area (Å²) in [5.74, 6) is -0.953. The third kappa shape index (κ3) is 4.42. The lowest BCUT2D eigenvalue weighted by molar-refractivity contribution is -0.150. The molecule has 1 heterocycles. The molecule has 0 unspecified atom stereocenters. The first kappa shape index (κ1) is 17.4. The van der Waals surface area contributed by atoms with E-state index in [9.17, 15) is 14.7 Å². The molecular weight excluding hydrogens is 290 g/mol. The van der Waals surface area contributed by atoms with Crippen LogP contribution in [0.5, 0.6) is 0 Å². The monoisotopic (exact) mass is 313 g/mol. The Hall–Kier alpha value is -1.63. The van der Waals surface area contributed by atoms with Gasteiger partial charge in [-0.05, 0) is 34.6 Å². The summed E-state index contributed by atoms with van der Waals surface area (Å²) >= 11 is 1.58. The number of hydrogen-bond donors (Lipinski definition) is 3. The van der Waals surface area contributed by atoms with E-state index < -0.39 is 16.9 Å². The molecule has 3 N–H and O–H groups in total. The van der Waals surface area contributed by atoms with Crippen LogP contribution in [0.3, 0.4) is 0 Å². The number of aryl methyl sites for hydroxylation is 1. The van der Waals surface area contributed by atoms with Gasteiger partial charge in [0.2, 0.25) is 0 Å². The number of hydrogen-bond acceptors (Lipinski definition) is 4. The highest BCUT2D eigenvalue weighted by Gasteiger charge is 2.44. The Morgan fingerprint density at radius 1 is 1.33 bits per heavy atom. The van der Waals surface area contributed by atoms with E-state index in [4.69, 9.17) is 0 Å². The van der Waals surface area contributed by atoms with Crippen molar-refractivity contribution < 1.29 is 14.7 Å². The Kier molecular flexibility index (Phi) is 5.33. The number of carbonyl (C=O) groups is 2. The summed E-state index contributed by atoms with van der Waals surface area (Å²) in [6, 6.07) is -0.374. The number of nitrogens with one attached hydrogen (secondary N) is 2. The predicted molar refractivity (Wildman–Crippen MR) is 82.6 cm³/mol. The summed E-state index contributed by atoms with van der Waals surface area (Å²) in [5, 5.41) is 17.7. The Morgan fingerprint density at radius 3 is 2.43 bits per heavy atom. The summed E-state index contributed by atoms with van der Waals surface area (Å²) in [4.78, 5) is 27.5. The lowest BCUT2D eigenvalue weighted by atomic mass is 9.74. The van der Waals surface area contributed by atoms with Crippen LogP contribution in [-0.4, -0.2) is 34.2 Å². The summed E-state index contributed by atoms with van der Waals surface area (Å²) in [5.41, 5.74) is -1.00. The zero-order valence-corrected chi connectivity index (χ0v) is 13.9. The third-order valence-corrected chi connectivity index (χ3v) is 4.68. The molecule has 0 fully saturated rings. The maximum Gasteiger partial charge on any atom is 0.315 e. The van der Waals surface area contributed by atoms with Gasteiger partial charge in [-0.15, -0.1) is 11.3 Å². The molecule has 118 valence electrons. The average molecular weight is 313 g/mol. The first-order valence-electron chi connectivity index (χ1n) is 6.76. The lowest BCUT2D eigenvalue weighted by Crippen LogP contribution is -2.59. The van der Waals surface area contributed by atoms with Gasteiger partial charge < -0.3 is 15.7 Å². The van der Waals surface area contributed by atoms with Crippen LogP contribution >= 0.6 is 11.3 Å². The van der Waals surface area contributed by atoms with E-state index in [-0.39, 0.29) is 6.03 Å². The van der Waals surface area contributed by atoms with Crippen molar-refractivity contribution in [2.24, 2.45) is 5.41 Å². The molecule has 7 heteroatoms. The van der Waals surface area contributed by atoms with E-state index in [1.165, 1.54) is 0 Å². The van der Waals surface area contributed by atoms with Crippen LogP contribution < -0.4 is 10.6 Å². The Labute approximate surface area is 129 Å². The first-order valence-corrected chi connectivity index (χ1v) is 7.64. The topological polar surface area (TPSA) is 91.3 Å². The number of amides is 2. The van der Waals surface area contributed by atoms with Crippen LogP contribution in [0.1, 0.15) is 38.4 Å². The van der Waals surface area contributed by atoms with E-state index in [2.05, 4.69) is 15.6 Å². The highest BCUT2D eigenvalue weighted by atomic mass is 32.1. The maximum absolute atomic E-state index is 11.9. The second-order valence-corrected chi connectivity index (χ2v) is 7.11. The molecule has 21 heavy (non-hydrogen) atoms. The smallest absolute Gasteiger partial charge is 0.315 e. The fourth-order valence-corrected chi connectivity index (χ4v) is 2.23. The van der Waals surface area contributed by atoms with Crippen molar-refractivity contribution in [3.05, 3.63) is 16.1 Å². The second kappa shape index (κ2) is 6.43. The molecule has 1 aromatic rings. The molecule has 0 aliphatic rings. The zero-order chi connectivity index (χ0) is 16.3. The van der Waals surface area contributed by atoms with Gasteiger partial charge in [-0.25, -0.2) is 9.78 Å². The second-order valence-electron chi connectivity index (χ2n) is 6.04. The van der Waals surface area contributed by atoms with Crippen molar-refractivity contribution in [1.82, 2.24) is 15.6 Å². The number of aromatic nitrogens is 1. The number of carboxylic acids is 1. The van der Waals surface area contributed by atoms with E-state index in [1.54, 1.807) is 39.0 Å². The number of carbonyl (C=O) groups excluding carboxylic acids is 1. The predicted octanol–water partition coefficient (Wildman–Crippen LogP) is 2.18. The number of carboxylic acid groups (broad SMARTS) is 1. The van der Waals surface area contributed by atoms with Crippen LogP contribution in [0, 0.1) is 12.3 Å². The lowest BCUT2D eigenvalue weighted by Gasteiger charge is -2.38. The van der Waals surface area contributed by atoms with Crippen molar-refractivity contribution in [2.45, 2.75) is 46.6 Å². The van der Waals surface area contributed by atoms with E-state index in [0.717, 1.165) is 10.7 Å². The van der Waals surface area contributed by atoms with Crippen molar-refractivity contribution >= 4 is 23.3 Å². The standard InChI is InChI=1S/C14H23N3O3S/c1-9-16-10(8-21-9)6-7-15-12(20)17-14(4,5)13(2,3)11(18)19/h8H,6-7H2,1-5H3,(H,18,19)(H2,15,17,20). The van der Waals surface area contributed by atoms with Crippen LogP contribution in [0.4, 0.5) is 4.79 Å². The fraction of sp³-hybridized carbons (Fsp3) is 0.643. The summed E-state index contributed by atoms with van der Waals surface area (Å²) in [6.45, 7) is 8.97. The van der Waals surface area contributed by atoms with Crippen LogP contribution in [0.2, 0.25) is 0 Å². The number of thiazole rings is 1. The molecule has 0 bridgehead atoms. The van der Waals surface area contributed by atoms with E-state index in [0.29, 0.717) is 13.0 Å². The molecule has 2 amide bonds. The molecule has 0 aromatic carbocycles. The highest BCUT2D eigenvalue weighted by molar-refractivity contribution is 7.09. The van der Waals surface area contributed by atoms with Crippen LogP contribution in [0.15, 0.2) is 5.38 Å². The Balaban J connectivity index is 2.48. The normalized spacial score (nSPS) is 12.0. The molecular formula is C14H23N3O3S. The number of rotatable bonds is 6. The molecule has 0 saturated carbocycles. The number of aliphatic carboxylic acids is 1. The third-order valence-electron chi connectivity index (χ3n) is 3.86. The minimum Gasteiger partial charge on any atom is -0.481 e. The molecule has 1 rings (SSSR count). The minimum absolute atomic E-state index is 0.374. The molecule has 6 nitrogen and oxygen atoms in total. The summed E-state index contributed by atoms with van der Waals surface area (Å²) < 4.78 is 0. The van der Waals surface area contributed by atoms with Gasteiger partial charge >= 0.3 is 12.0 Å². The number of nitrogens with zero attached hydrogens (tertiary/aromatic N) is 1. The van der Waals surface area contributed by atoms with E-state index >= 15 is 0 Å². The van der Waals surface area contributed by atoms with Gasteiger partial charge in [0.05, 0.1) is 21.7 Å². The minimum atomic E-state index is -1.07. The van der Waals surface area contributed by atoms with Crippen molar-refractivity contribution in [3.63, 3.8) is 0 Å². The van der Waals surface area contributed by atoms with Crippen molar-refractivity contribution in [2.75, 3.05) is 6.54 Å². The van der Waals surface area contributed by atoms with Gasteiger partial charge in [0, 0.05) is 18.3 Å². The van der Waals surface area contributed by atoms with Gasteiger partial charge in [0.15, 0.2) is 0 Å². The van der Waals surface area contributed by atoms with Crippen LogP contribution in [0.25, 0.3) is 0 Å². The molecule has 0 spiro atoms.